The van der Waals surface area contributed by atoms with Crippen LogP contribution in [0.3, 0.4) is 0 Å². The van der Waals surface area contributed by atoms with Crippen molar-refractivity contribution in [3.63, 3.8) is 0 Å². The Kier molecular flexibility index (Phi) is 3.84. The first kappa shape index (κ1) is 14.6. The number of aromatic amines is 1. The van der Waals surface area contributed by atoms with Crippen molar-refractivity contribution in [2.24, 2.45) is 5.92 Å². The van der Waals surface area contributed by atoms with E-state index in [1.54, 1.807) is 6.07 Å². The minimum Gasteiger partial charge on any atom is -0.460 e. The van der Waals surface area contributed by atoms with Crippen LogP contribution in [0.4, 0.5) is 4.39 Å². The van der Waals surface area contributed by atoms with Gasteiger partial charge in [0.15, 0.2) is 0 Å². The molecule has 2 aromatic rings. The van der Waals surface area contributed by atoms with Crippen LogP contribution in [0.1, 0.15) is 33.3 Å². The fourth-order valence-electron chi connectivity index (χ4n) is 2.14. The Balaban J connectivity index is 2.15. The van der Waals surface area contributed by atoms with Crippen LogP contribution in [0, 0.1) is 11.7 Å². The number of fused-ring (bicyclic) bond motifs is 1. The number of ether oxygens (including phenoxy) is 1. The molecule has 0 aliphatic rings. The summed E-state index contributed by atoms with van der Waals surface area (Å²) in [7, 11) is 0. The maximum Gasteiger partial charge on any atom is 0.309 e. The highest BCUT2D eigenvalue weighted by Crippen LogP contribution is 2.23. The smallest absolute Gasteiger partial charge is 0.309 e. The number of carbonyl (C=O) groups excluding carboxylic acids is 1. The van der Waals surface area contributed by atoms with Crippen molar-refractivity contribution in [3.05, 3.63) is 35.8 Å². The van der Waals surface area contributed by atoms with Crippen LogP contribution in [0.5, 0.6) is 0 Å². The van der Waals surface area contributed by atoms with Gasteiger partial charge in [-0.1, -0.05) is 6.92 Å². The molecule has 0 radical (unpaired) electrons. The monoisotopic (exact) mass is 276 g/mol. The molecule has 1 atom stereocenters. The van der Waals surface area contributed by atoms with Gasteiger partial charge < -0.3 is 9.72 Å². The third-order valence-electron chi connectivity index (χ3n) is 3.06. The van der Waals surface area contributed by atoms with Gasteiger partial charge in [-0.15, -0.1) is 0 Å². The second-order valence-electron chi connectivity index (χ2n) is 6.14. The van der Waals surface area contributed by atoms with Crippen LogP contribution >= 0.6 is 0 Å². The third-order valence-corrected chi connectivity index (χ3v) is 3.06. The highest BCUT2D eigenvalue weighted by Gasteiger charge is 2.22. The van der Waals surface area contributed by atoms with Gasteiger partial charge in [-0.2, -0.15) is 0 Å². The molecule has 0 saturated heterocycles. The van der Waals surface area contributed by atoms with Crippen molar-refractivity contribution in [3.8, 4) is 0 Å². The number of nitrogens with one attached hydrogen (secondary N) is 1. The first-order chi connectivity index (χ1) is 9.26. The molecule has 0 spiro atoms. The zero-order valence-electron chi connectivity index (χ0n) is 12.3. The van der Waals surface area contributed by atoms with Crippen molar-refractivity contribution in [2.75, 3.05) is 0 Å². The Morgan fingerprint density at radius 1 is 1.40 bits per heavy atom. The molecule has 108 valence electrons. The van der Waals surface area contributed by atoms with Gasteiger partial charge in [0, 0.05) is 17.1 Å². The Labute approximate surface area is 118 Å². The molecule has 0 aliphatic carbocycles. The number of hydrogen-bond acceptors (Lipinski definition) is 2. The van der Waals surface area contributed by atoms with E-state index in [1.807, 2.05) is 33.9 Å². The summed E-state index contributed by atoms with van der Waals surface area (Å²) in [4.78, 5) is 15.1. The van der Waals surface area contributed by atoms with Gasteiger partial charge in [-0.25, -0.2) is 4.39 Å². The summed E-state index contributed by atoms with van der Waals surface area (Å²) < 4.78 is 18.7. The lowest BCUT2D eigenvalue weighted by Gasteiger charge is -2.22. The molecular weight excluding hydrogens is 256 g/mol. The lowest BCUT2D eigenvalue weighted by molar-refractivity contribution is -0.159. The van der Waals surface area contributed by atoms with Crippen molar-refractivity contribution in [1.29, 1.82) is 0 Å². The van der Waals surface area contributed by atoms with Crippen molar-refractivity contribution in [2.45, 2.75) is 39.7 Å². The summed E-state index contributed by atoms with van der Waals surface area (Å²) in [5.74, 6) is -0.775. The lowest BCUT2D eigenvalue weighted by atomic mass is 10.0. The number of carbonyl (C=O) groups is 1. The molecule has 1 aromatic heterocycles. The molecule has 20 heavy (non-hydrogen) atoms. The summed E-state index contributed by atoms with van der Waals surface area (Å²) >= 11 is 0. The minimum absolute atomic E-state index is 0.233. The van der Waals surface area contributed by atoms with Gasteiger partial charge in [-0.05, 0) is 51.0 Å². The Morgan fingerprint density at radius 3 is 2.75 bits per heavy atom. The van der Waals surface area contributed by atoms with Crippen molar-refractivity contribution in [1.82, 2.24) is 4.98 Å². The van der Waals surface area contributed by atoms with E-state index >= 15 is 0 Å². The van der Waals surface area contributed by atoms with E-state index in [1.165, 1.54) is 12.1 Å². The lowest BCUT2D eigenvalue weighted by Crippen LogP contribution is -2.28. The first-order valence-corrected chi connectivity index (χ1v) is 6.74. The van der Waals surface area contributed by atoms with E-state index in [-0.39, 0.29) is 17.7 Å². The maximum absolute atomic E-state index is 13.3. The van der Waals surface area contributed by atoms with E-state index < -0.39 is 5.60 Å². The zero-order valence-corrected chi connectivity index (χ0v) is 12.3. The van der Waals surface area contributed by atoms with Gasteiger partial charge >= 0.3 is 5.97 Å². The van der Waals surface area contributed by atoms with Gasteiger partial charge in [0.05, 0.1) is 5.92 Å². The van der Waals surface area contributed by atoms with E-state index in [0.29, 0.717) is 6.42 Å². The molecule has 0 bridgehead atoms. The topological polar surface area (TPSA) is 42.1 Å². The summed E-state index contributed by atoms with van der Waals surface area (Å²) in [5.41, 5.74) is 1.31. The number of benzene rings is 1. The number of esters is 1. The number of halogens is 1. The number of rotatable bonds is 3. The van der Waals surface area contributed by atoms with Gasteiger partial charge in [0.25, 0.3) is 0 Å². The number of hydrogen-bond donors (Lipinski definition) is 1. The molecule has 0 saturated carbocycles. The fraction of sp³-hybridized carbons (Fsp3) is 0.438. The van der Waals surface area contributed by atoms with Crippen LogP contribution in [0.25, 0.3) is 10.9 Å². The molecule has 1 N–H and O–H groups in total. The Hall–Kier alpha value is -1.84. The molecule has 0 fully saturated rings. The Bertz CT molecular complexity index is 625. The number of H-pyrrole nitrogens is 1. The summed E-state index contributed by atoms with van der Waals surface area (Å²) in [6, 6.07) is 4.61. The van der Waals surface area contributed by atoms with Gasteiger partial charge in [0.2, 0.25) is 0 Å². The molecule has 1 unspecified atom stereocenters. The molecule has 4 heteroatoms. The van der Waals surface area contributed by atoms with Crippen LogP contribution in [0.15, 0.2) is 24.4 Å². The normalized spacial score (nSPS) is 13.4. The van der Waals surface area contributed by atoms with Gasteiger partial charge in [-0.3, -0.25) is 4.79 Å². The van der Waals surface area contributed by atoms with E-state index in [4.69, 9.17) is 4.74 Å². The summed E-state index contributed by atoms with van der Waals surface area (Å²) in [6.45, 7) is 7.36. The molecular formula is C16H20FNO2. The molecule has 1 aromatic carbocycles. The predicted molar refractivity (Wildman–Crippen MR) is 77.0 cm³/mol. The highest BCUT2D eigenvalue weighted by molar-refractivity contribution is 5.84. The SMILES string of the molecule is CC(Cc1c[nH]c2ccc([18F])cc12)C(=O)OC(C)(C)C. The van der Waals surface area contributed by atoms with E-state index in [0.717, 1.165) is 16.5 Å². The average Bonchev–Trinajstić information content (AvgIpc) is 2.69. The largest absolute Gasteiger partial charge is 0.460 e. The highest BCUT2D eigenvalue weighted by atomic mass is 18.2. The quantitative estimate of drug-likeness (QED) is 0.866. The van der Waals surface area contributed by atoms with Crippen LogP contribution in [-0.4, -0.2) is 16.6 Å². The van der Waals surface area contributed by atoms with Crippen LogP contribution in [0.2, 0.25) is 0 Å². The molecule has 0 aliphatic heterocycles. The minimum atomic E-state index is -0.488. The molecule has 3 nitrogen and oxygen atoms in total. The number of aromatic nitrogens is 1. The summed E-state index contributed by atoms with van der Waals surface area (Å²) in [5, 5.41) is 0.820. The maximum atomic E-state index is 13.3. The van der Waals surface area contributed by atoms with E-state index in [2.05, 4.69) is 4.98 Å². The third kappa shape index (κ3) is 3.38. The van der Waals surface area contributed by atoms with Crippen molar-refractivity contribution < 1.29 is 13.9 Å². The van der Waals surface area contributed by atoms with Gasteiger partial charge in [0.1, 0.15) is 11.4 Å². The molecule has 1 heterocycles. The first-order valence-electron chi connectivity index (χ1n) is 6.74. The fourth-order valence-corrected chi connectivity index (χ4v) is 2.14. The standard InChI is InChI=1S/C16H20FNO2/c1-10(15(19)20-16(2,3)4)7-11-9-18-14-6-5-12(17)8-13(11)14/h5-6,8-10,18H,7H2,1-4H3/i17-1. The second-order valence-corrected chi connectivity index (χ2v) is 6.14. The van der Waals surface area contributed by atoms with Crippen LogP contribution < -0.4 is 0 Å². The van der Waals surface area contributed by atoms with Crippen LogP contribution in [-0.2, 0) is 16.0 Å². The second kappa shape index (κ2) is 5.27. The predicted octanol–water partition coefficient (Wildman–Crippen LogP) is 3.83. The average molecular weight is 276 g/mol. The Morgan fingerprint density at radius 2 is 2.10 bits per heavy atom. The zero-order chi connectivity index (χ0) is 14.9. The van der Waals surface area contributed by atoms with E-state index in [9.17, 15) is 9.18 Å². The van der Waals surface area contributed by atoms with Crippen molar-refractivity contribution >= 4 is 16.9 Å². The molecule has 0 amide bonds. The summed E-state index contributed by atoms with van der Waals surface area (Å²) in [6.07, 6.45) is 2.35. The molecule has 2 rings (SSSR count).